The van der Waals surface area contributed by atoms with Gasteiger partial charge in [0, 0.05) is 23.5 Å². The summed E-state index contributed by atoms with van der Waals surface area (Å²) in [7, 11) is 0. The summed E-state index contributed by atoms with van der Waals surface area (Å²) >= 11 is 3.50. The van der Waals surface area contributed by atoms with Crippen molar-refractivity contribution < 1.29 is 4.74 Å². The van der Waals surface area contributed by atoms with Crippen molar-refractivity contribution in [2.24, 2.45) is 5.92 Å². The van der Waals surface area contributed by atoms with Gasteiger partial charge in [-0.1, -0.05) is 22.9 Å². The maximum absolute atomic E-state index is 5.92. The minimum Gasteiger partial charge on any atom is -0.488 e. The summed E-state index contributed by atoms with van der Waals surface area (Å²) in [5, 5.41) is 3.60. The first-order valence-electron chi connectivity index (χ1n) is 6.39. The highest BCUT2D eigenvalue weighted by molar-refractivity contribution is 9.10. The molecular formula is C14H18BrNO. The van der Waals surface area contributed by atoms with E-state index in [2.05, 4.69) is 40.3 Å². The van der Waals surface area contributed by atoms with Crippen molar-refractivity contribution in [3.63, 3.8) is 0 Å². The van der Waals surface area contributed by atoms with E-state index < -0.39 is 0 Å². The first kappa shape index (κ1) is 11.5. The molecule has 0 amide bonds. The van der Waals surface area contributed by atoms with Crippen LogP contribution in [0.3, 0.4) is 0 Å². The molecule has 1 aliphatic carbocycles. The lowest BCUT2D eigenvalue weighted by atomic mass is 9.82. The second-order valence-corrected chi connectivity index (χ2v) is 6.29. The Hall–Kier alpha value is -0.540. The van der Waals surface area contributed by atoms with Gasteiger partial charge in [0.05, 0.1) is 0 Å². The molecule has 1 aromatic rings. The monoisotopic (exact) mass is 295 g/mol. The number of halogens is 1. The fraction of sp³-hybridized carbons (Fsp3) is 0.571. The van der Waals surface area contributed by atoms with Crippen molar-refractivity contribution >= 4 is 15.9 Å². The van der Waals surface area contributed by atoms with Crippen molar-refractivity contribution in [3.05, 3.63) is 28.2 Å². The fourth-order valence-electron chi connectivity index (χ4n) is 2.77. The summed E-state index contributed by atoms with van der Waals surface area (Å²) < 4.78 is 7.06. The second-order valence-electron chi connectivity index (χ2n) is 5.38. The van der Waals surface area contributed by atoms with Crippen LogP contribution in [0.1, 0.15) is 25.3 Å². The zero-order valence-electron chi connectivity index (χ0n) is 10.1. The van der Waals surface area contributed by atoms with Gasteiger partial charge in [-0.15, -0.1) is 0 Å². The summed E-state index contributed by atoms with van der Waals surface area (Å²) in [6, 6.07) is 7.00. The molecule has 1 fully saturated rings. The SMILES string of the molecule is CC1CC(NCC2Cc3cc(Br)ccc3O2)C1. The van der Waals surface area contributed by atoms with Crippen LogP contribution >= 0.6 is 15.9 Å². The van der Waals surface area contributed by atoms with Crippen LogP contribution in [0.5, 0.6) is 5.75 Å². The van der Waals surface area contributed by atoms with E-state index in [1.807, 2.05) is 6.07 Å². The van der Waals surface area contributed by atoms with Gasteiger partial charge >= 0.3 is 0 Å². The van der Waals surface area contributed by atoms with E-state index in [1.165, 1.54) is 18.4 Å². The second kappa shape index (κ2) is 4.62. The van der Waals surface area contributed by atoms with Crippen LogP contribution in [0.2, 0.25) is 0 Å². The molecule has 2 nitrogen and oxygen atoms in total. The minimum atomic E-state index is 0.315. The Bertz CT molecular complexity index is 415. The predicted molar refractivity (Wildman–Crippen MR) is 72.5 cm³/mol. The summed E-state index contributed by atoms with van der Waals surface area (Å²) in [4.78, 5) is 0. The average Bonchev–Trinajstić information content (AvgIpc) is 2.64. The number of rotatable bonds is 3. The van der Waals surface area contributed by atoms with E-state index in [0.29, 0.717) is 6.10 Å². The number of fused-ring (bicyclic) bond motifs is 1. The average molecular weight is 296 g/mol. The van der Waals surface area contributed by atoms with E-state index in [4.69, 9.17) is 4.74 Å². The Balaban J connectivity index is 1.52. The Morgan fingerprint density at radius 2 is 2.24 bits per heavy atom. The van der Waals surface area contributed by atoms with Gasteiger partial charge in [-0.05, 0) is 42.5 Å². The molecular weight excluding hydrogens is 278 g/mol. The molecule has 1 heterocycles. The predicted octanol–water partition coefficient (Wildman–Crippen LogP) is 3.14. The molecule has 2 aliphatic rings. The molecule has 3 heteroatoms. The highest BCUT2D eigenvalue weighted by atomic mass is 79.9. The molecule has 0 aromatic heterocycles. The molecule has 1 aliphatic heterocycles. The number of hydrogen-bond donors (Lipinski definition) is 1. The molecule has 92 valence electrons. The van der Waals surface area contributed by atoms with E-state index in [9.17, 15) is 0 Å². The van der Waals surface area contributed by atoms with Crippen LogP contribution in [-0.4, -0.2) is 18.7 Å². The highest BCUT2D eigenvalue weighted by Gasteiger charge is 2.28. The maximum atomic E-state index is 5.92. The minimum absolute atomic E-state index is 0.315. The Labute approximate surface area is 111 Å². The standard InChI is InChI=1S/C14H18BrNO/c1-9-4-12(5-9)16-8-13-7-10-6-11(15)2-3-14(10)17-13/h2-3,6,9,12-13,16H,4-5,7-8H2,1H3. The molecule has 3 rings (SSSR count). The zero-order chi connectivity index (χ0) is 11.8. The third kappa shape index (κ3) is 2.50. The van der Waals surface area contributed by atoms with Crippen LogP contribution in [-0.2, 0) is 6.42 Å². The third-order valence-corrected chi connectivity index (χ3v) is 4.26. The summed E-state index contributed by atoms with van der Waals surface area (Å²) in [6.45, 7) is 3.29. The van der Waals surface area contributed by atoms with Gasteiger partial charge in [0.1, 0.15) is 11.9 Å². The highest BCUT2D eigenvalue weighted by Crippen LogP contribution is 2.31. The summed E-state index contributed by atoms with van der Waals surface area (Å²) in [5.74, 6) is 1.96. The molecule has 1 atom stereocenters. The van der Waals surface area contributed by atoms with Gasteiger partial charge in [-0.2, -0.15) is 0 Å². The molecule has 1 unspecified atom stereocenters. The first-order chi connectivity index (χ1) is 8.20. The number of nitrogens with one attached hydrogen (secondary N) is 1. The number of ether oxygens (including phenoxy) is 1. The Morgan fingerprint density at radius 3 is 3.00 bits per heavy atom. The van der Waals surface area contributed by atoms with Gasteiger partial charge in [0.2, 0.25) is 0 Å². The first-order valence-corrected chi connectivity index (χ1v) is 7.18. The van der Waals surface area contributed by atoms with Gasteiger partial charge in [-0.3, -0.25) is 0 Å². The molecule has 0 bridgehead atoms. The number of hydrogen-bond acceptors (Lipinski definition) is 2. The van der Waals surface area contributed by atoms with Crippen LogP contribution in [0.15, 0.2) is 22.7 Å². The molecule has 1 saturated carbocycles. The zero-order valence-corrected chi connectivity index (χ0v) is 11.7. The quantitative estimate of drug-likeness (QED) is 0.925. The van der Waals surface area contributed by atoms with Gasteiger partial charge in [0.25, 0.3) is 0 Å². The third-order valence-electron chi connectivity index (χ3n) is 3.77. The summed E-state index contributed by atoms with van der Waals surface area (Å²) in [5.41, 5.74) is 1.33. The normalized spacial score (nSPS) is 30.6. The molecule has 0 spiro atoms. The van der Waals surface area contributed by atoms with E-state index >= 15 is 0 Å². The van der Waals surface area contributed by atoms with Crippen LogP contribution in [0.25, 0.3) is 0 Å². The smallest absolute Gasteiger partial charge is 0.123 e. The van der Waals surface area contributed by atoms with E-state index in [1.54, 1.807) is 0 Å². The van der Waals surface area contributed by atoms with Gasteiger partial charge in [-0.25, -0.2) is 0 Å². The van der Waals surface area contributed by atoms with Crippen LogP contribution in [0.4, 0.5) is 0 Å². The molecule has 0 radical (unpaired) electrons. The largest absolute Gasteiger partial charge is 0.488 e. The van der Waals surface area contributed by atoms with Crippen LogP contribution in [0, 0.1) is 5.92 Å². The number of benzene rings is 1. The van der Waals surface area contributed by atoms with Gasteiger partial charge in [0.15, 0.2) is 0 Å². The molecule has 0 saturated heterocycles. The van der Waals surface area contributed by atoms with Crippen LogP contribution < -0.4 is 10.1 Å². The molecule has 1 N–H and O–H groups in total. The molecule has 1 aromatic carbocycles. The maximum Gasteiger partial charge on any atom is 0.123 e. The lowest BCUT2D eigenvalue weighted by Gasteiger charge is -2.34. The topological polar surface area (TPSA) is 21.3 Å². The van der Waals surface area contributed by atoms with Crippen molar-refractivity contribution in [2.45, 2.75) is 38.3 Å². The lowest BCUT2D eigenvalue weighted by Crippen LogP contribution is -2.44. The van der Waals surface area contributed by atoms with E-state index in [0.717, 1.165) is 35.1 Å². The van der Waals surface area contributed by atoms with Crippen molar-refractivity contribution in [2.75, 3.05) is 6.54 Å². The van der Waals surface area contributed by atoms with Crippen molar-refractivity contribution in [1.29, 1.82) is 0 Å². The fourth-order valence-corrected chi connectivity index (χ4v) is 3.18. The van der Waals surface area contributed by atoms with Crippen molar-refractivity contribution in [3.8, 4) is 5.75 Å². The Kier molecular flexibility index (Phi) is 3.14. The van der Waals surface area contributed by atoms with Crippen molar-refractivity contribution in [1.82, 2.24) is 5.32 Å². The Morgan fingerprint density at radius 1 is 1.41 bits per heavy atom. The summed E-state index contributed by atoms with van der Waals surface area (Å²) in [6.07, 6.45) is 4.00. The van der Waals surface area contributed by atoms with E-state index in [-0.39, 0.29) is 0 Å². The lowest BCUT2D eigenvalue weighted by molar-refractivity contribution is 0.185. The molecule has 17 heavy (non-hydrogen) atoms. The van der Waals surface area contributed by atoms with Gasteiger partial charge < -0.3 is 10.1 Å².